The molecule has 1 aromatic carbocycles. The van der Waals surface area contributed by atoms with Crippen molar-refractivity contribution in [1.82, 2.24) is 0 Å². The summed E-state index contributed by atoms with van der Waals surface area (Å²) in [7, 11) is 0. The number of hydrogen-bond acceptors (Lipinski definition) is 6. The zero-order valence-corrected chi connectivity index (χ0v) is 20.5. The maximum Gasteiger partial charge on any atom is 0.224 e. The molecular formula is C25H37NO5S. The van der Waals surface area contributed by atoms with Crippen molar-refractivity contribution in [2.24, 2.45) is 23.7 Å². The molecule has 1 spiro atoms. The number of anilines is 1. The second-order valence-corrected chi connectivity index (χ2v) is 11.0. The number of aliphatic hydroxyl groups excluding tert-OH is 1. The molecule has 1 amide bonds. The van der Waals surface area contributed by atoms with E-state index < -0.39 is 17.5 Å². The fourth-order valence-electron chi connectivity index (χ4n) is 5.94. The molecule has 0 aromatic heterocycles. The van der Waals surface area contributed by atoms with Crippen molar-refractivity contribution in [3.63, 3.8) is 0 Å². The van der Waals surface area contributed by atoms with E-state index in [1.807, 2.05) is 37.4 Å². The zero-order valence-electron chi connectivity index (χ0n) is 19.6. The van der Waals surface area contributed by atoms with E-state index in [9.17, 15) is 9.90 Å². The van der Waals surface area contributed by atoms with Crippen LogP contribution in [-0.4, -0.2) is 41.4 Å². The van der Waals surface area contributed by atoms with E-state index >= 15 is 0 Å². The normalized spacial score (nSPS) is 36.1. The number of ether oxygens (including phenoxy) is 1. The molecule has 0 radical (unpaired) electrons. The average Bonchev–Trinajstić information content (AvgIpc) is 3.05. The highest BCUT2D eigenvalue weighted by atomic mass is 32.2. The highest BCUT2D eigenvalue weighted by Gasteiger charge is 2.61. The van der Waals surface area contributed by atoms with Gasteiger partial charge in [-0.2, -0.15) is 0 Å². The molecule has 2 bridgehead atoms. The molecule has 7 atom stereocenters. The predicted octanol–water partition coefficient (Wildman–Crippen LogP) is 5.01. The van der Waals surface area contributed by atoms with E-state index in [-0.39, 0.29) is 24.2 Å². The molecule has 4 fully saturated rings. The van der Waals surface area contributed by atoms with Gasteiger partial charge in [0, 0.05) is 23.4 Å². The maximum absolute atomic E-state index is 12.5. The Labute approximate surface area is 195 Å². The summed E-state index contributed by atoms with van der Waals surface area (Å²) in [6, 6.07) is 7.79. The lowest BCUT2D eigenvalue weighted by molar-refractivity contribution is -0.517. The van der Waals surface area contributed by atoms with Crippen molar-refractivity contribution in [1.29, 1.82) is 0 Å². The number of rotatable bonds is 7. The van der Waals surface area contributed by atoms with E-state index in [2.05, 4.69) is 19.2 Å². The van der Waals surface area contributed by atoms with Crippen LogP contribution in [0.4, 0.5) is 5.69 Å². The quantitative estimate of drug-likeness (QED) is 0.437. The Balaban J connectivity index is 1.37. The van der Waals surface area contributed by atoms with Crippen LogP contribution in [-0.2, 0) is 19.3 Å². The van der Waals surface area contributed by atoms with Crippen LogP contribution in [0.15, 0.2) is 29.2 Å². The van der Waals surface area contributed by atoms with Crippen molar-refractivity contribution in [3.8, 4) is 0 Å². The summed E-state index contributed by atoms with van der Waals surface area (Å²) in [6.07, 6.45) is 6.04. The second kappa shape index (κ2) is 9.63. The van der Waals surface area contributed by atoms with Gasteiger partial charge in [0.15, 0.2) is 5.79 Å². The highest BCUT2D eigenvalue weighted by Crippen LogP contribution is 2.55. The van der Waals surface area contributed by atoms with Crippen molar-refractivity contribution in [3.05, 3.63) is 24.3 Å². The van der Waals surface area contributed by atoms with Gasteiger partial charge in [-0.25, -0.2) is 9.78 Å². The van der Waals surface area contributed by atoms with E-state index in [1.165, 1.54) is 0 Å². The van der Waals surface area contributed by atoms with Gasteiger partial charge >= 0.3 is 0 Å². The minimum atomic E-state index is -0.666. The Hall–Kier alpha value is -1.12. The van der Waals surface area contributed by atoms with Crippen LogP contribution in [0.1, 0.15) is 59.3 Å². The van der Waals surface area contributed by atoms with Crippen LogP contribution in [0.2, 0.25) is 0 Å². The van der Waals surface area contributed by atoms with Gasteiger partial charge in [-0.3, -0.25) is 4.79 Å². The van der Waals surface area contributed by atoms with Crippen LogP contribution in [0.5, 0.6) is 0 Å². The van der Waals surface area contributed by atoms with E-state index in [4.69, 9.17) is 14.5 Å². The number of carbonyl (C=O) groups excluding carboxylic acids is 1. The standard InChI is InChI=1S/C25H37NO5S/c1-16-5-10-21(25-15-29-24(3,30-31-25)14-13-20(16)25)17(2)22(27)11-12-23(28)26-18-6-8-19(32-4)9-7-18/h6-9,16-17,20-22,27H,5,10-15H2,1-4H3,(H,26,28). The fraction of sp³-hybridized carbons (Fsp3) is 0.720. The lowest BCUT2D eigenvalue weighted by Gasteiger charge is -2.53. The first-order valence-corrected chi connectivity index (χ1v) is 13.1. The third-order valence-electron chi connectivity index (χ3n) is 8.04. The first-order chi connectivity index (χ1) is 15.3. The Morgan fingerprint density at radius 3 is 2.66 bits per heavy atom. The number of carbonyl (C=O) groups is 1. The summed E-state index contributed by atoms with van der Waals surface area (Å²) in [6.45, 7) is 6.83. The molecular weight excluding hydrogens is 426 g/mol. The predicted molar refractivity (Wildman–Crippen MR) is 125 cm³/mol. The monoisotopic (exact) mass is 463 g/mol. The minimum Gasteiger partial charge on any atom is -0.393 e. The fourth-order valence-corrected chi connectivity index (χ4v) is 6.35. The van der Waals surface area contributed by atoms with Gasteiger partial charge in [0.1, 0.15) is 5.60 Å². The van der Waals surface area contributed by atoms with Gasteiger partial charge in [0.25, 0.3) is 0 Å². The van der Waals surface area contributed by atoms with Crippen molar-refractivity contribution in [2.45, 2.75) is 81.7 Å². The molecule has 7 unspecified atom stereocenters. The van der Waals surface area contributed by atoms with Gasteiger partial charge in [0.05, 0.1) is 12.7 Å². The summed E-state index contributed by atoms with van der Waals surface area (Å²) >= 11 is 1.67. The summed E-state index contributed by atoms with van der Waals surface area (Å²) in [4.78, 5) is 25.5. The van der Waals surface area contributed by atoms with Crippen molar-refractivity contribution < 1.29 is 24.4 Å². The number of thioether (sulfide) groups is 1. The zero-order chi connectivity index (χ0) is 22.9. The molecule has 3 saturated heterocycles. The molecule has 2 N–H and O–H groups in total. The van der Waals surface area contributed by atoms with Crippen LogP contribution >= 0.6 is 11.8 Å². The number of amides is 1. The molecule has 6 nitrogen and oxygen atoms in total. The second-order valence-electron chi connectivity index (χ2n) is 10.1. The molecule has 7 heteroatoms. The largest absolute Gasteiger partial charge is 0.393 e. The van der Waals surface area contributed by atoms with Gasteiger partial charge in [-0.15, -0.1) is 11.8 Å². The summed E-state index contributed by atoms with van der Waals surface area (Å²) < 4.78 is 6.14. The molecule has 4 aliphatic rings. The molecule has 1 aromatic rings. The summed E-state index contributed by atoms with van der Waals surface area (Å²) in [5.41, 5.74) is 0.264. The molecule has 178 valence electrons. The van der Waals surface area contributed by atoms with E-state index in [0.29, 0.717) is 24.9 Å². The lowest BCUT2D eigenvalue weighted by Crippen LogP contribution is -2.61. The van der Waals surface area contributed by atoms with Gasteiger partial charge in [0.2, 0.25) is 5.91 Å². The summed E-state index contributed by atoms with van der Waals surface area (Å²) in [5.74, 6) is 0.254. The molecule has 1 saturated carbocycles. The topological polar surface area (TPSA) is 77.0 Å². The van der Waals surface area contributed by atoms with Crippen LogP contribution in [0.25, 0.3) is 0 Å². The van der Waals surface area contributed by atoms with Crippen LogP contribution < -0.4 is 5.32 Å². The molecule has 3 aliphatic heterocycles. The van der Waals surface area contributed by atoms with Gasteiger partial charge in [-0.1, -0.05) is 13.8 Å². The Morgan fingerprint density at radius 2 is 2.00 bits per heavy atom. The van der Waals surface area contributed by atoms with Crippen molar-refractivity contribution in [2.75, 3.05) is 18.2 Å². The third kappa shape index (κ3) is 4.73. The Bertz CT molecular complexity index is 792. The number of aliphatic hydroxyl groups is 1. The molecule has 32 heavy (non-hydrogen) atoms. The Morgan fingerprint density at radius 1 is 1.25 bits per heavy atom. The molecule has 1 aliphatic carbocycles. The number of benzene rings is 1. The number of nitrogens with one attached hydrogen (secondary N) is 1. The maximum atomic E-state index is 12.5. The Kier molecular flexibility index (Phi) is 7.23. The first-order valence-electron chi connectivity index (χ1n) is 11.9. The smallest absolute Gasteiger partial charge is 0.224 e. The number of hydrogen-bond donors (Lipinski definition) is 2. The van der Waals surface area contributed by atoms with Crippen LogP contribution in [0, 0.1) is 23.7 Å². The number of fused-ring (bicyclic) bond motifs is 3. The SMILES string of the molecule is CSc1ccc(NC(=O)CCC(O)C(C)C2CCC(C)C3CCC4(C)OCC32OO4)cc1. The van der Waals surface area contributed by atoms with Crippen LogP contribution in [0.3, 0.4) is 0 Å². The van der Waals surface area contributed by atoms with Gasteiger partial charge in [-0.05, 0) is 86.8 Å². The minimum absolute atomic E-state index is 0.0201. The van der Waals surface area contributed by atoms with Crippen molar-refractivity contribution >= 4 is 23.4 Å². The van der Waals surface area contributed by atoms with E-state index in [0.717, 1.165) is 36.3 Å². The first kappa shape index (κ1) is 24.0. The summed E-state index contributed by atoms with van der Waals surface area (Å²) in [5, 5.41) is 14.0. The van der Waals surface area contributed by atoms with Gasteiger partial charge < -0.3 is 15.2 Å². The lowest BCUT2D eigenvalue weighted by atomic mass is 9.59. The molecule has 3 heterocycles. The third-order valence-corrected chi connectivity index (χ3v) is 8.79. The average molecular weight is 464 g/mol. The highest BCUT2D eigenvalue weighted by molar-refractivity contribution is 7.98. The van der Waals surface area contributed by atoms with E-state index in [1.54, 1.807) is 11.8 Å². The molecule has 5 rings (SSSR count).